The smallest absolute Gasteiger partial charge is 0.243 e. The van der Waals surface area contributed by atoms with Gasteiger partial charge in [-0.15, -0.1) is 11.3 Å². The summed E-state index contributed by atoms with van der Waals surface area (Å²) >= 11 is 1.33. The summed E-state index contributed by atoms with van der Waals surface area (Å²) in [5.41, 5.74) is 1.45. The van der Waals surface area contributed by atoms with Crippen LogP contribution in [0.25, 0.3) is 22.4 Å². The number of fused-ring (bicyclic) bond motifs is 1. The lowest BCUT2D eigenvalue weighted by molar-refractivity contribution is -0.120. The third kappa shape index (κ3) is 4.44. The van der Waals surface area contributed by atoms with Crippen LogP contribution in [-0.4, -0.2) is 43.8 Å². The van der Waals surface area contributed by atoms with Crippen LogP contribution in [0.5, 0.6) is 5.75 Å². The summed E-state index contributed by atoms with van der Waals surface area (Å²) in [6, 6.07) is 16.0. The summed E-state index contributed by atoms with van der Waals surface area (Å²) in [5.74, 6) is 0.822. The van der Waals surface area contributed by atoms with Gasteiger partial charge in [0.05, 0.1) is 12.0 Å². The van der Waals surface area contributed by atoms with E-state index in [1.807, 2.05) is 35.7 Å². The molecule has 0 aliphatic carbocycles. The molecule has 176 valence electrons. The number of ether oxygens (including phenoxy) is 1. The molecule has 4 aromatic rings. The van der Waals surface area contributed by atoms with Gasteiger partial charge in [0.1, 0.15) is 17.0 Å². The number of hydrogen-bond acceptors (Lipinski definition) is 7. The first-order valence-electron chi connectivity index (χ1n) is 10.8. The number of sulfonamides is 1. The maximum atomic E-state index is 12.9. The molecular formula is C24H23N3O5S2. The Morgan fingerprint density at radius 1 is 1.15 bits per heavy atom. The van der Waals surface area contributed by atoms with Crippen molar-refractivity contribution in [3.05, 3.63) is 60.0 Å². The highest BCUT2D eigenvalue weighted by atomic mass is 32.2. The number of amides is 1. The van der Waals surface area contributed by atoms with Crippen LogP contribution in [0.15, 0.2) is 69.3 Å². The molecule has 0 atom stereocenters. The Hall–Kier alpha value is -3.21. The Morgan fingerprint density at radius 2 is 1.88 bits per heavy atom. The van der Waals surface area contributed by atoms with Gasteiger partial charge in [-0.05, 0) is 49.2 Å². The summed E-state index contributed by atoms with van der Waals surface area (Å²) in [6.45, 7) is 0.573. The van der Waals surface area contributed by atoms with Crippen LogP contribution in [0.3, 0.4) is 0 Å². The van der Waals surface area contributed by atoms with Crippen molar-refractivity contribution in [3.63, 3.8) is 0 Å². The molecule has 34 heavy (non-hydrogen) atoms. The summed E-state index contributed by atoms with van der Waals surface area (Å²) in [6.07, 6.45) is 0.895. The first kappa shape index (κ1) is 22.6. The number of benzene rings is 2. The van der Waals surface area contributed by atoms with E-state index in [4.69, 9.17) is 9.15 Å². The summed E-state index contributed by atoms with van der Waals surface area (Å²) in [7, 11) is -2.08. The fourth-order valence-electron chi connectivity index (χ4n) is 4.01. The molecule has 5 rings (SSSR count). The zero-order valence-electron chi connectivity index (χ0n) is 18.4. The summed E-state index contributed by atoms with van der Waals surface area (Å²) in [4.78, 5) is 17.5. The standard InChI is InChI=1S/C24H23N3O5S2/c1-31-18-6-8-19(9-7-18)34(29,30)27-12-10-16(11-13-27)23(28)26-24-25-20(15-33-24)22-14-17-4-2-3-5-21(17)32-22/h2-9,14-16H,10-13H2,1H3,(H,25,26,28). The van der Waals surface area contributed by atoms with Gasteiger partial charge in [-0.25, -0.2) is 13.4 Å². The number of rotatable bonds is 6. The van der Waals surface area contributed by atoms with Gasteiger partial charge in [-0.2, -0.15) is 4.31 Å². The topological polar surface area (TPSA) is 102 Å². The van der Waals surface area contributed by atoms with Crippen molar-refractivity contribution < 1.29 is 22.4 Å². The number of furan rings is 1. The maximum absolute atomic E-state index is 12.9. The van der Waals surface area contributed by atoms with Crippen LogP contribution in [0.2, 0.25) is 0 Å². The molecular weight excluding hydrogens is 474 g/mol. The van der Waals surface area contributed by atoms with Gasteiger partial charge < -0.3 is 14.5 Å². The number of para-hydroxylation sites is 1. The molecule has 2 aromatic carbocycles. The van der Waals surface area contributed by atoms with Crippen molar-refractivity contribution in [3.8, 4) is 17.2 Å². The second kappa shape index (κ2) is 9.21. The van der Waals surface area contributed by atoms with E-state index in [0.29, 0.717) is 35.2 Å². The second-order valence-electron chi connectivity index (χ2n) is 8.03. The molecule has 0 bridgehead atoms. The largest absolute Gasteiger partial charge is 0.497 e. The van der Waals surface area contributed by atoms with Gasteiger partial charge >= 0.3 is 0 Å². The monoisotopic (exact) mass is 497 g/mol. The van der Waals surface area contributed by atoms with Crippen molar-refractivity contribution >= 4 is 43.4 Å². The minimum Gasteiger partial charge on any atom is -0.497 e. The molecule has 0 saturated carbocycles. The highest BCUT2D eigenvalue weighted by Gasteiger charge is 2.32. The molecule has 3 heterocycles. The predicted molar refractivity (Wildman–Crippen MR) is 130 cm³/mol. The normalized spacial score (nSPS) is 15.4. The first-order chi connectivity index (χ1) is 16.4. The molecule has 1 N–H and O–H groups in total. The molecule has 1 aliphatic heterocycles. The van der Waals surface area contributed by atoms with Crippen LogP contribution in [0, 0.1) is 5.92 Å². The predicted octanol–water partition coefficient (Wildman–Crippen LogP) is 4.60. The number of nitrogens with zero attached hydrogens (tertiary/aromatic N) is 2. The minimum atomic E-state index is -3.61. The molecule has 0 unspecified atom stereocenters. The molecule has 8 nitrogen and oxygen atoms in total. The third-order valence-corrected chi connectivity index (χ3v) is 8.60. The van der Waals surface area contributed by atoms with Crippen molar-refractivity contribution in [1.29, 1.82) is 0 Å². The number of piperidine rings is 1. The van der Waals surface area contributed by atoms with Crippen LogP contribution in [0.4, 0.5) is 5.13 Å². The first-order valence-corrected chi connectivity index (χ1v) is 13.2. The molecule has 0 radical (unpaired) electrons. The number of carbonyl (C=O) groups is 1. The van der Waals surface area contributed by atoms with Gasteiger partial charge in [0.15, 0.2) is 10.9 Å². The molecule has 0 spiro atoms. The fourth-order valence-corrected chi connectivity index (χ4v) is 6.19. The number of anilines is 1. The van der Waals surface area contributed by atoms with E-state index in [-0.39, 0.29) is 29.8 Å². The van der Waals surface area contributed by atoms with Gasteiger partial charge in [-0.3, -0.25) is 4.79 Å². The Kier molecular flexibility index (Phi) is 6.11. The van der Waals surface area contributed by atoms with Gasteiger partial charge in [0.25, 0.3) is 0 Å². The average Bonchev–Trinajstić information content (AvgIpc) is 3.51. The van der Waals surface area contributed by atoms with E-state index < -0.39 is 10.0 Å². The van der Waals surface area contributed by atoms with E-state index >= 15 is 0 Å². The molecule has 1 amide bonds. The van der Waals surface area contributed by atoms with Gasteiger partial charge in [-0.1, -0.05) is 18.2 Å². The van der Waals surface area contributed by atoms with E-state index in [1.165, 1.54) is 34.9 Å². The lowest BCUT2D eigenvalue weighted by atomic mass is 9.97. The number of hydrogen-bond donors (Lipinski definition) is 1. The van der Waals surface area contributed by atoms with E-state index in [0.717, 1.165) is 11.0 Å². The minimum absolute atomic E-state index is 0.146. The van der Waals surface area contributed by atoms with Crippen molar-refractivity contribution in [2.45, 2.75) is 17.7 Å². The number of thiazole rings is 1. The Bertz CT molecular complexity index is 1390. The van der Waals surface area contributed by atoms with Crippen molar-refractivity contribution in [1.82, 2.24) is 9.29 Å². The van der Waals surface area contributed by atoms with E-state index in [9.17, 15) is 13.2 Å². The van der Waals surface area contributed by atoms with Gasteiger partial charge in [0.2, 0.25) is 15.9 Å². The number of nitrogens with one attached hydrogen (secondary N) is 1. The fraction of sp³-hybridized carbons (Fsp3) is 0.250. The molecule has 2 aromatic heterocycles. The van der Waals surface area contributed by atoms with Gasteiger partial charge in [0, 0.05) is 29.8 Å². The zero-order chi connectivity index (χ0) is 23.7. The van der Waals surface area contributed by atoms with Crippen LogP contribution < -0.4 is 10.1 Å². The average molecular weight is 498 g/mol. The quantitative estimate of drug-likeness (QED) is 0.418. The number of carbonyl (C=O) groups excluding carboxylic acids is 1. The van der Waals surface area contributed by atoms with Crippen molar-refractivity contribution in [2.75, 3.05) is 25.5 Å². The van der Waals surface area contributed by atoms with Crippen LogP contribution in [0.1, 0.15) is 12.8 Å². The molecule has 1 fully saturated rings. The molecule has 1 saturated heterocycles. The highest BCUT2D eigenvalue weighted by molar-refractivity contribution is 7.89. The van der Waals surface area contributed by atoms with E-state index in [1.54, 1.807) is 12.1 Å². The zero-order valence-corrected chi connectivity index (χ0v) is 20.1. The SMILES string of the molecule is COc1ccc(S(=O)(=O)N2CCC(C(=O)Nc3nc(-c4cc5ccccc5o4)cs3)CC2)cc1. The highest BCUT2D eigenvalue weighted by Crippen LogP contribution is 2.31. The Labute approximate surface area is 201 Å². The second-order valence-corrected chi connectivity index (χ2v) is 10.8. The third-order valence-electron chi connectivity index (χ3n) is 5.93. The maximum Gasteiger partial charge on any atom is 0.243 e. The lowest BCUT2D eigenvalue weighted by Crippen LogP contribution is -2.41. The summed E-state index contributed by atoms with van der Waals surface area (Å²) in [5, 5.41) is 6.21. The Balaban J connectivity index is 1.20. The summed E-state index contributed by atoms with van der Waals surface area (Å²) < 4.78 is 38.2. The van der Waals surface area contributed by atoms with Crippen LogP contribution in [-0.2, 0) is 14.8 Å². The van der Waals surface area contributed by atoms with Crippen LogP contribution >= 0.6 is 11.3 Å². The van der Waals surface area contributed by atoms with Crippen molar-refractivity contribution in [2.24, 2.45) is 5.92 Å². The Morgan fingerprint density at radius 3 is 2.59 bits per heavy atom. The number of aromatic nitrogens is 1. The molecule has 10 heteroatoms. The van der Waals surface area contributed by atoms with E-state index in [2.05, 4.69) is 10.3 Å². The lowest BCUT2D eigenvalue weighted by Gasteiger charge is -2.30. The number of methoxy groups -OCH3 is 1. The molecule has 1 aliphatic rings.